The van der Waals surface area contributed by atoms with Crippen molar-refractivity contribution in [3.05, 3.63) is 35.0 Å². The molecular formula is C23H29N5O3. The van der Waals surface area contributed by atoms with Crippen LogP contribution in [0.25, 0.3) is 0 Å². The van der Waals surface area contributed by atoms with E-state index in [1.807, 2.05) is 13.1 Å². The summed E-state index contributed by atoms with van der Waals surface area (Å²) in [4.78, 5) is 26.9. The van der Waals surface area contributed by atoms with Gasteiger partial charge in [-0.05, 0) is 29.5 Å². The Labute approximate surface area is 182 Å². The molecule has 0 saturated carbocycles. The maximum absolute atomic E-state index is 12.7. The van der Waals surface area contributed by atoms with Crippen LogP contribution in [0.2, 0.25) is 0 Å². The van der Waals surface area contributed by atoms with Crippen LogP contribution in [0.1, 0.15) is 41.9 Å². The summed E-state index contributed by atoms with van der Waals surface area (Å²) in [5.74, 6) is 3.16. The van der Waals surface area contributed by atoms with E-state index in [1.165, 1.54) is 5.56 Å². The van der Waals surface area contributed by atoms with Crippen LogP contribution in [0.15, 0.2) is 18.2 Å². The number of Topliss-reactive ketones (excluding diaryl/α,β-unsaturated/α-hetero) is 1. The van der Waals surface area contributed by atoms with Gasteiger partial charge in [-0.3, -0.25) is 9.69 Å². The Morgan fingerprint density at radius 3 is 2.61 bits per heavy atom. The van der Waals surface area contributed by atoms with Crippen LogP contribution in [0.5, 0.6) is 11.5 Å². The fourth-order valence-electron chi connectivity index (χ4n) is 4.68. The zero-order chi connectivity index (χ0) is 21.6. The summed E-state index contributed by atoms with van der Waals surface area (Å²) in [7, 11) is 1.82. The van der Waals surface area contributed by atoms with Crippen molar-refractivity contribution in [2.75, 3.05) is 50.2 Å². The Kier molecular flexibility index (Phi) is 4.97. The summed E-state index contributed by atoms with van der Waals surface area (Å²) < 4.78 is 10.9. The average molecular weight is 424 g/mol. The van der Waals surface area contributed by atoms with Gasteiger partial charge >= 0.3 is 0 Å². The van der Waals surface area contributed by atoms with Crippen molar-refractivity contribution in [3.63, 3.8) is 0 Å². The Bertz CT molecular complexity index is 1010. The highest BCUT2D eigenvalue weighted by molar-refractivity contribution is 6.03. The lowest BCUT2D eigenvalue weighted by molar-refractivity contribution is 0.0911. The molecule has 2 aromatic rings. The fourth-order valence-corrected chi connectivity index (χ4v) is 4.68. The number of anilines is 2. The van der Waals surface area contributed by atoms with E-state index in [-0.39, 0.29) is 11.2 Å². The number of hydrogen-bond donors (Lipinski definition) is 1. The first-order chi connectivity index (χ1) is 14.9. The summed E-state index contributed by atoms with van der Waals surface area (Å²) in [6.45, 7) is 8.98. The summed E-state index contributed by atoms with van der Waals surface area (Å²) >= 11 is 0. The molecule has 1 aliphatic carbocycles. The number of carbonyl (C=O) groups is 1. The molecule has 0 unspecified atom stereocenters. The van der Waals surface area contributed by atoms with Crippen molar-refractivity contribution in [2.24, 2.45) is 5.41 Å². The van der Waals surface area contributed by atoms with E-state index in [4.69, 9.17) is 19.4 Å². The van der Waals surface area contributed by atoms with Crippen LogP contribution < -0.4 is 19.7 Å². The van der Waals surface area contributed by atoms with E-state index in [0.29, 0.717) is 24.6 Å². The Morgan fingerprint density at radius 1 is 1.06 bits per heavy atom. The predicted molar refractivity (Wildman–Crippen MR) is 118 cm³/mol. The van der Waals surface area contributed by atoms with Gasteiger partial charge in [0.25, 0.3) is 0 Å². The lowest BCUT2D eigenvalue weighted by atomic mass is 9.76. The van der Waals surface area contributed by atoms with Crippen molar-refractivity contribution in [1.82, 2.24) is 14.9 Å². The maximum atomic E-state index is 12.7. The molecule has 2 aliphatic heterocycles. The summed E-state index contributed by atoms with van der Waals surface area (Å²) in [5.41, 5.74) is 2.70. The normalized spacial score (nSPS) is 20.0. The number of nitrogens with one attached hydrogen (secondary N) is 1. The van der Waals surface area contributed by atoms with Gasteiger partial charge in [-0.15, -0.1) is 0 Å². The molecule has 0 radical (unpaired) electrons. The first-order valence-corrected chi connectivity index (χ1v) is 10.9. The number of hydrogen-bond acceptors (Lipinski definition) is 8. The van der Waals surface area contributed by atoms with E-state index in [1.54, 1.807) is 0 Å². The minimum Gasteiger partial charge on any atom is -0.454 e. The van der Waals surface area contributed by atoms with E-state index in [0.717, 1.165) is 62.3 Å². The highest BCUT2D eigenvalue weighted by Crippen LogP contribution is 2.37. The van der Waals surface area contributed by atoms with Gasteiger partial charge in [0.1, 0.15) is 5.82 Å². The Balaban J connectivity index is 1.29. The molecule has 0 amide bonds. The molecule has 8 nitrogen and oxygen atoms in total. The molecule has 1 fully saturated rings. The van der Waals surface area contributed by atoms with Gasteiger partial charge in [-0.1, -0.05) is 19.9 Å². The second kappa shape index (κ2) is 7.67. The van der Waals surface area contributed by atoms with Crippen molar-refractivity contribution >= 4 is 17.5 Å². The third kappa shape index (κ3) is 3.92. The monoisotopic (exact) mass is 423 g/mol. The Morgan fingerprint density at radius 2 is 1.84 bits per heavy atom. The third-order valence-corrected chi connectivity index (χ3v) is 6.27. The Hall–Kier alpha value is -2.87. The molecule has 8 heteroatoms. The molecule has 1 N–H and O–H groups in total. The van der Waals surface area contributed by atoms with Crippen molar-refractivity contribution in [1.29, 1.82) is 0 Å². The topological polar surface area (TPSA) is 79.8 Å². The fraction of sp³-hybridized carbons (Fsp3) is 0.522. The van der Waals surface area contributed by atoms with Crippen LogP contribution in [0, 0.1) is 5.41 Å². The standard InChI is InChI=1S/C23H29N5O3/c1-23(2)11-16-20(17(29)12-23)21(24-3)26-22(25-16)28-8-6-27(7-9-28)13-15-4-5-18-19(10-15)31-14-30-18/h4-5,10H,6-9,11-14H2,1-3H3,(H,24,25,26). The molecule has 1 aromatic carbocycles. The molecule has 1 aromatic heterocycles. The highest BCUT2D eigenvalue weighted by atomic mass is 16.7. The van der Waals surface area contributed by atoms with Gasteiger partial charge in [0.15, 0.2) is 17.3 Å². The molecule has 0 spiro atoms. The number of carbonyl (C=O) groups excluding carboxylic acids is 1. The molecule has 3 heterocycles. The molecule has 1 saturated heterocycles. The van der Waals surface area contributed by atoms with Gasteiger partial charge < -0.3 is 19.7 Å². The zero-order valence-corrected chi connectivity index (χ0v) is 18.4. The van der Waals surface area contributed by atoms with Crippen LogP contribution in [0.3, 0.4) is 0 Å². The number of fused-ring (bicyclic) bond motifs is 2. The minimum atomic E-state index is -0.0654. The molecular weight excluding hydrogens is 394 g/mol. The number of rotatable bonds is 4. The third-order valence-electron chi connectivity index (χ3n) is 6.27. The van der Waals surface area contributed by atoms with Crippen molar-refractivity contribution < 1.29 is 14.3 Å². The second-order valence-electron chi connectivity index (χ2n) is 9.34. The SMILES string of the molecule is CNc1nc(N2CCN(Cc3ccc4c(c3)OCO4)CC2)nc2c1C(=O)CC(C)(C)C2. The van der Waals surface area contributed by atoms with Gasteiger partial charge in [0.2, 0.25) is 12.7 Å². The van der Waals surface area contributed by atoms with Crippen LogP contribution >= 0.6 is 0 Å². The van der Waals surface area contributed by atoms with Crippen LogP contribution in [-0.2, 0) is 13.0 Å². The van der Waals surface area contributed by atoms with Gasteiger partial charge in [0, 0.05) is 46.2 Å². The molecule has 5 rings (SSSR count). The van der Waals surface area contributed by atoms with E-state index in [2.05, 4.69) is 41.1 Å². The maximum Gasteiger partial charge on any atom is 0.231 e. The zero-order valence-electron chi connectivity index (χ0n) is 18.4. The first-order valence-electron chi connectivity index (χ1n) is 10.9. The number of benzene rings is 1. The lowest BCUT2D eigenvalue weighted by Crippen LogP contribution is -2.46. The van der Waals surface area contributed by atoms with Crippen LogP contribution in [0.4, 0.5) is 11.8 Å². The predicted octanol–water partition coefficient (Wildman–Crippen LogP) is 2.72. The van der Waals surface area contributed by atoms with Gasteiger partial charge in [0.05, 0.1) is 11.3 Å². The number of piperazine rings is 1. The van der Waals surface area contributed by atoms with Gasteiger partial charge in [-0.2, -0.15) is 4.98 Å². The molecule has 164 valence electrons. The summed E-state index contributed by atoms with van der Waals surface area (Å²) in [6.07, 6.45) is 1.33. The largest absolute Gasteiger partial charge is 0.454 e. The highest BCUT2D eigenvalue weighted by Gasteiger charge is 2.35. The smallest absolute Gasteiger partial charge is 0.231 e. The van der Waals surface area contributed by atoms with E-state index >= 15 is 0 Å². The van der Waals surface area contributed by atoms with E-state index in [9.17, 15) is 4.79 Å². The average Bonchev–Trinajstić information content (AvgIpc) is 3.20. The number of ether oxygens (including phenoxy) is 2. The first kappa shape index (κ1) is 20.1. The summed E-state index contributed by atoms with van der Waals surface area (Å²) in [5, 5.41) is 3.12. The lowest BCUT2D eigenvalue weighted by Gasteiger charge is -2.36. The van der Waals surface area contributed by atoms with Crippen LogP contribution in [-0.4, -0.2) is 60.7 Å². The molecule has 0 bridgehead atoms. The van der Waals surface area contributed by atoms with Crippen molar-refractivity contribution in [3.8, 4) is 11.5 Å². The second-order valence-corrected chi connectivity index (χ2v) is 9.34. The summed E-state index contributed by atoms with van der Waals surface area (Å²) in [6, 6.07) is 6.15. The minimum absolute atomic E-state index is 0.0654. The van der Waals surface area contributed by atoms with Gasteiger partial charge in [-0.25, -0.2) is 4.98 Å². The molecule has 3 aliphatic rings. The number of ketones is 1. The van der Waals surface area contributed by atoms with Crippen molar-refractivity contribution in [2.45, 2.75) is 33.2 Å². The number of aromatic nitrogens is 2. The molecule has 0 atom stereocenters. The number of nitrogens with zero attached hydrogens (tertiary/aromatic N) is 4. The molecule has 31 heavy (non-hydrogen) atoms. The quantitative estimate of drug-likeness (QED) is 0.804. The van der Waals surface area contributed by atoms with E-state index < -0.39 is 0 Å².